The first kappa shape index (κ1) is 22.8. The molecule has 1 saturated heterocycles. The van der Waals surface area contributed by atoms with Crippen molar-refractivity contribution in [1.29, 1.82) is 0 Å². The Hall–Kier alpha value is -2.42. The van der Waals surface area contributed by atoms with E-state index in [1.807, 2.05) is 18.2 Å². The van der Waals surface area contributed by atoms with Gasteiger partial charge in [0, 0.05) is 55.7 Å². The third-order valence-electron chi connectivity index (χ3n) is 5.85. The molecule has 2 N–H and O–H groups in total. The highest BCUT2D eigenvalue weighted by Crippen LogP contribution is 2.30. The summed E-state index contributed by atoms with van der Waals surface area (Å²) in [6.45, 7) is 8.84. The maximum atomic E-state index is 12.8. The van der Waals surface area contributed by atoms with Crippen molar-refractivity contribution in [3.05, 3.63) is 54.1 Å². The molecule has 32 heavy (non-hydrogen) atoms. The maximum absolute atomic E-state index is 12.8. The van der Waals surface area contributed by atoms with Gasteiger partial charge in [0.25, 0.3) is 5.91 Å². The van der Waals surface area contributed by atoms with E-state index in [4.69, 9.17) is 0 Å². The number of amides is 1. The second-order valence-corrected chi connectivity index (χ2v) is 10.8. The molecule has 1 aliphatic carbocycles. The summed E-state index contributed by atoms with van der Waals surface area (Å²) < 4.78 is 27.4. The highest BCUT2D eigenvalue weighted by atomic mass is 32.2. The average Bonchev–Trinajstić information content (AvgIpc) is 3.58. The summed E-state index contributed by atoms with van der Waals surface area (Å²) in [5.41, 5.74) is 2.09. The predicted molar refractivity (Wildman–Crippen MR) is 128 cm³/mol. The number of carbonyl (C=O) groups excluding carboxylic acids is 1. The minimum absolute atomic E-state index is 0.0802. The smallest absolute Gasteiger partial charge is 0.255 e. The van der Waals surface area contributed by atoms with E-state index >= 15 is 0 Å². The molecule has 2 aromatic rings. The van der Waals surface area contributed by atoms with Gasteiger partial charge in [0.15, 0.2) is 0 Å². The lowest BCUT2D eigenvalue weighted by molar-refractivity contribution is 0.102. The zero-order valence-electron chi connectivity index (χ0n) is 18.8. The normalized spacial score (nSPS) is 17.5. The van der Waals surface area contributed by atoms with E-state index in [0.29, 0.717) is 11.3 Å². The second-order valence-electron chi connectivity index (χ2n) is 9.04. The van der Waals surface area contributed by atoms with Crippen molar-refractivity contribution in [3.8, 4) is 0 Å². The van der Waals surface area contributed by atoms with Gasteiger partial charge < -0.3 is 10.2 Å². The summed E-state index contributed by atoms with van der Waals surface area (Å²) in [4.78, 5) is 17.8. The van der Waals surface area contributed by atoms with Crippen molar-refractivity contribution in [1.82, 2.24) is 9.62 Å². The number of anilines is 2. The molecule has 2 fully saturated rings. The third kappa shape index (κ3) is 5.88. The molecule has 4 rings (SSSR count). The lowest BCUT2D eigenvalue weighted by Gasteiger charge is -2.36. The number of nitrogens with zero attached hydrogens (tertiary/aromatic N) is 2. The van der Waals surface area contributed by atoms with Crippen LogP contribution in [-0.2, 0) is 10.0 Å². The van der Waals surface area contributed by atoms with Crippen molar-refractivity contribution in [2.75, 3.05) is 42.9 Å². The summed E-state index contributed by atoms with van der Waals surface area (Å²) in [7, 11) is -3.66. The fraction of sp³-hybridized carbons (Fsp3) is 0.458. The number of nitrogens with one attached hydrogen (secondary N) is 2. The molecule has 0 radical (unpaired) electrons. The summed E-state index contributed by atoms with van der Waals surface area (Å²) in [6, 6.07) is 13.7. The van der Waals surface area contributed by atoms with Crippen molar-refractivity contribution < 1.29 is 13.2 Å². The molecule has 7 nitrogen and oxygen atoms in total. The fourth-order valence-corrected chi connectivity index (χ4v) is 5.32. The molecule has 0 atom stereocenters. The first-order valence-corrected chi connectivity index (χ1v) is 12.8. The Labute approximate surface area is 190 Å². The van der Waals surface area contributed by atoms with Gasteiger partial charge in [-0.2, -0.15) is 0 Å². The largest absolute Gasteiger partial charge is 0.369 e. The Kier molecular flexibility index (Phi) is 6.83. The van der Waals surface area contributed by atoms with Crippen LogP contribution >= 0.6 is 0 Å². The Morgan fingerprint density at radius 3 is 2.44 bits per heavy atom. The van der Waals surface area contributed by atoms with Gasteiger partial charge in [-0.05, 0) is 69.0 Å². The molecule has 2 aliphatic rings. The SMILES string of the molecule is CC(C)NS(=O)(=O)c1cccc(C(=O)Nc2cccc(N3CCN(CC4CC4)CC3)c2)c1. The molecule has 8 heteroatoms. The molecule has 0 aromatic heterocycles. The summed E-state index contributed by atoms with van der Waals surface area (Å²) in [5.74, 6) is 0.577. The van der Waals surface area contributed by atoms with Gasteiger partial charge in [0.1, 0.15) is 0 Å². The van der Waals surface area contributed by atoms with Crippen molar-refractivity contribution in [2.24, 2.45) is 5.92 Å². The monoisotopic (exact) mass is 456 g/mol. The van der Waals surface area contributed by atoms with E-state index in [1.54, 1.807) is 26.0 Å². The molecular formula is C24H32N4O3S. The Balaban J connectivity index is 1.40. The van der Waals surface area contributed by atoms with Gasteiger partial charge in [-0.1, -0.05) is 12.1 Å². The van der Waals surface area contributed by atoms with Gasteiger partial charge >= 0.3 is 0 Å². The van der Waals surface area contributed by atoms with Gasteiger partial charge in [-0.15, -0.1) is 0 Å². The van der Waals surface area contributed by atoms with Crippen LogP contribution in [-0.4, -0.2) is 58.0 Å². The summed E-state index contributed by atoms with van der Waals surface area (Å²) in [5, 5.41) is 2.91. The molecule has 0 unspecified atom stereocenters. The highest BCUT2D eigenvalue weighted by molar-refractivity contribution is 7.89. The lowest BCUT2D eigenvalue weighted by Crippen LogP contribution is -2.47. The van der Waals surface area contributed by atoms with Crippen LogP contribution in [0.5, 0.6) is 0 Å². The standard InChI is InChI=1S/C24H32N4O3S/c1-18(2)26-32(30,31)23-8-3-5-20(15-23)24(29)25-21-6-4-7-22(16-21)28-13-11-27(12-14-28)17-19-9-10-19/h3-8,15-16,18-19,26H,9-14,17H2,1-2H3,(H,25,29). The van der Waals surface area contributed by atoms with E-state index in [0.717, 1.165) is 37.8 Å². The zero-order chi connectivity index (χ0) is 22.7. The number of hydrogen-bond donors (Lipinski definition) is 2. The van der Waals surface area contributed by atoms with E-state index < -0.39 is 10.0 Å². The van der Waals surface area contributed by atoms with Crippen LogP contribution in [0.4, 0.5) is 11.4 Å². The van der Waals surface area contributed by atoms with Crippen molar-refractivity contribution >= 4 is 27.3 Å². The second kappa shape index (κ2) is 9.60. The molecule has 1 amide bonds. The topological polar surface area (TPSA) is 81.7 Å². The molecule has 172 valence electrons. The van der Waals surface area contributed by atoms with Crippen LogP contribution in [0.25, 0.3) is 0 Å². The minimum Gasteiger partial charge on any atom is -0.369 e. The summed E-state index contributed by atoms with van der Waals surface area (Å²) >= 11 is 0. The van der Waals surface area contributed by atoms with Gasteiger partial charge in [0.05, 0.1) is 4.90 Å². The first-order valence-electron chi connectivity index (χ1n) is 11.3. The Morgan fingerprint density at radius 1 is 1.03 bits per heavy atom. The number of benzene rings is 2. The first-order chi connectivity index (χ1) is 15.3. The Morgan fingerprint density at radius 2 is 1.75 bits per heavy atom. The molecule has 1 aliphatic heterocycles. The quantitative estimate of drug-likeness (QED) is 0.638. The number of sulfonamides is 1. The van der Waals surface area contributed by atoms with E-state index in [2.05, 4.69) is 25.9 Å². The van der Waals surface area contributed by atoms with Crippen LogP contribution < -0.4 is 14.9 Å². The van der Waals surface area contributed by atoms with Crippen LogP contribution in [0.15, 0.2) is 53.4 Å². The highest BCUT2D eigenvalue weighted by Gasteiger charge is 2.26. The van der Waals surface area contributed by atoms with Crippen LogP contribution in [0.2, 0.25) is 0 Å². The molecule has 1 heterocycles. The molecule has 0 spiro atoms. The van der Waals surface area contributed by atoms with Crippen LogP contribution in [0, 0.1) is 5.92 Å². The Bertz CT molecular complexity index is 1060. The third-order valence-corrected chi connectivity index (χ3v) is 7.51. The number of hydrogen-bond acceptors (Lipinski definition) is 5. The zero-order valence-corrected chi connectivity index (χ0v) is 19.6. The average molecular weight is 457 g/mol. The van der Waals surface area contributed by atoms with Gasteiger partial charge in [0.2, 0.25) is 10.0 Å². The molecular weight excluding hydrogens is 424 g/mol. The van der Waals surface area contributed by atoms with Crippen molar-refractivity contribution in [2.45, 2.75) is 37.6 Å². The number of piperazine rings is 1. The van der Waals surface area contributed by atoms with E-state index in [1.165, 1.54) is 31.5 Å². The van der Waals surface area contributed by atoms with Gasteiger partial charge in [-0.3, -0.25) is 9.69 Å². The van der Waals surface area contributed by atoms with Crippen LogP contribution in [0.3, 0.4) is 0 Å². The van der Waals surface area contributed by atoms with Gasteiger partial charge in [-0.25, -0.2) is 13.1 Å². The minimum atomic E-state index is -3.66. The fourth-order valence-electron chi connectivity index (χ4n) is 4.02. The van der Waals surface area contributed by atoms with E-state index in [9.17, 15) is 13.2 Å². The maximum Gasteiger partial charge on any atom is 0.255 e. The molecule has 1 saturated carbocycles. The molecule has 2 aromatic carbocycles. The summed E-state index contributed by atoms with van der Waals surface area (Å²) in [6.07, 6.45) is 2.76. The van der Waals surface area contributed by atoms with Crippen LogP contribution in [0.1, 0.15) is 37.0 Å². The predicted octanol–water partition coefficient (Wildman–Crippen LogP) is 3.16. The van der Waals surface area contributed by atoms with E-state index in [-0.39, 0.29) is 16.8 Å². The molecule has 0 bridgehead atoms. The van der Waals surface area contributed by atoms with Crippen molar-refractivity contribution in [3.63, 3.8) is 0 Å². The number of rotatable bonds is 8. The number of carbonyl (C=O) groups is 1. The lowest BCUT2D eigenvalue weighted by atomic mass is 10.2.